The number of nitrogens with zero attached hydrogens (tertiary/aromatic N) is 2. The second kappa shape index (κ2) is 11.2. The highest BCUT2D eigenvalue weighted by atomic mass is 19.1. The van der Waals surface area contributed by atoms with Crippen molar-refractivity contribution in [2.75, 3.05) is 13.1 Å². The molecule has 188 valence electrons. The first-order valence-corrected chi connectivity index (χ1v) is 12.7. The van der Waals surface area contributed by atoms with Gasteiger partial charge >= 0.3 is 0 Å². The van der Waals surface area contributed by atoms with Crippen molar-refractivity contribution in [1.82, 2.24) is 14.8 Å². The molecule has 6 heteroatoms. The molecule has 4 aromatic rings. The van der Waals surface area contributed by atoms with Gasteiger partial charge in [-0.25, -0.2) is 4.39 Å². The summed E-state index contributed by atoms with van der Waals surface area (Å²) in [5.74, 6) is -0.577. The zero-order valence-corrected chi connectivity index (χ0v) is 20.6. The van der Waals surface area contributed by atoms with Crippen molar-refractivity contribution >= 4 is 28.8 Å². The average Bonchev–Trinajstić information content (AvgIpc) is 3.69. The van der Waals surface area contributed by atoms with Crippen LogP contribution >= 0.6 is 0 Å². The zero-order chi connectivity index (χ0) is 25.6. The summed E-state index contributed by atoms with van der Waals surface area (Å²) in [6.07, 6.45) is 7.81. The largest absolute Gasteiger partial charge is 0.361 e. The third-order valence-electron chi connectivity index (χ3n) is 6.76. The van der Waals surface area contributed by atoms with Crippen LogP contribution in [0.2, 0.25) is 0 Å². The van der Waals surface area contributed by atoms with Crippen molar-refractivity contribution in [2.24, 2.45) is 0 Å². The Bertz CT molecular complexity index is 1390. The van der Waals surface area contributed by atoms with Crippen LogP contribution in [0.3, 0.4) is 0 Å². The predicted octanol–water partition coefficient (Wildman–Crippen LogP) is 5.58. The van der Waals surface area contributed by atoms with Crippen molar-refractivity contribution in [3.63, 3.8) is 0 Å². The Morgan fingerprint density at radius 1 is 0.946 bits per heavy atom. The van der Waals surface area contributed by atoms with Crippen LogP contribution in [0.15, 0.2) is 91.1 Å². The van der Waals surface area contributed by atoms with Gasteiger partial charge in [0.25, 0.3) is 0 Å². The Balaban J connectivity index is 1.31. The van der Waals surface area contributed by atoms with E-state index in [1.807, 2.05) is 54.7 Å². The lowest BCUT2D eigenvalue weighted by atomic mass is 10.1. The minimum atomic E-state index is -0.309. The molecule has 0 bridgehead atoms. The van der Waals surface area contributed by atoms with Crippen molar-refractivity contribution < 1.29 is 14.0 Å². The van der Waals surface area contributed by atoms with E-state index in [1.54, 1.807) is 34.1 Å². The molecule has 0 saturated heterocycles. The summed E-state index contributed by atoms with van der Waals surface area (Å²) in [5.41, 5.74) is 3.98. The standard InChI is InChI=1S/C31H30FN3O2/c32-26-13-10-24(11-14-26)21-34(19-18-25-20-33-29-9-5-4-8-28(25)29)31(37)22-35(27-15-16-27)30(36)17-12-23-6-2-1-3-7-23/h1-14,17,20,27,33H,15-16,18-19,21-22H2/b17-12+. The van der Waals surface area contributed by atoms with Gasteiger partial charge in [0.15, 0.2) is 0 Å². The summed E-state index contributed by atoms with van der Waals surface area (Å²) in [7, 11) is 0. The molecule has 0 aliphatic heterocycles. The number of H-pyrrole nitrogens is 1. The molecule has 1 aliphatic carbocycles. The van der Waals surface area contributed by atoms with Gasteiger partial charge in [-0.3, -0.25) is 9.59 Å². The van der Waals surface area contributed by atoms with E-state index in [9.17, 15) is 14.0 Å². The van der Waals surface area contributed by atoms with Crippen molar-refractivity contribution in [3.05, 3.63) is 114 Å². The van der Waals surface area contributed by atoms with Gasteiger partial charge in [0, 0.05) is 42.3 Å². The molecular formula is C31H30FN3O2. The number of aromatic nitrogens is 1. The lowest BCUT2D eigenvalue weighted by molar-refractivity contribution is -0.139. The SMILES string of the molecule is O=C(CN(C(=O)/C=C/c1ccccc1)C1CC1)N(CCc1c[nH]c2ccccc12)Cc1ccc(F)cc1. The minimum Gasteiger partial charge on any atom is -0.361 e. The molecule has 2 amide bonds. The molecule has 0 unspecified atom stereocenters. The summed E-state index contributed by atoms with van der Waals surface area (Å²) in [6.45, 7) is 0.871. The summed E-state index contributed by atoms with van der Waals surface area (Å²) in [5, 5.41) is 1.14. The minimum absolute atomic E-state index is 0.0255. The Morgan fingerprint density at radius 2 is 1.68 bits per heavy atom. The number of para-hydroxylation sites is 1. The average molecular weight is 496 g/mol. The lowest BCUT2D eigenvalue weighted by Gasteiger charge is -2.27. The van der Waals surface area contributed by atoms with Crippen molar-refractivity contribution in [2.45, 2.75) is 31.8 Å². The summed E-state index contributed by atoms with van der Waals surface area (Å²) in [6, 6.07) is 24.1. The number of carbonyl (C=O) groups is 2. The topological polar surface area (TPSA) is 56.4 Å². The number of fused-ring (bicyclic) bond motifs is 1. The van der Waals surface area contributed by atoms with Crippen LogP contribution in [-0.2, 0) is 22.6 Å². The summed E-state index contributed by atoms with van der Waals surface area (Å²) < 4.78 is 13.5. The fourth-order valence-electron chi connectivity index (χ4n) is 4.54. The monoisotopic (exact) mass is 495 g/mol. The smallest absolute Gasteiger partial charge is 0.247 e. The predicted molar refractivity (Wildman–Crippen MR) is 144 cm³/mol. The molecule has 1 N–H and O–H groups in total. The van der Waals surface area contributed by atoms with Gasteiger partial charge in [-0.1, -0.05) is 60.7 Å². The second-order valence-corrected chi connectivity index (χ2v) is 9.49. The van der Waals surface area contributed by atoms with Gasteiger partial charge < -0.3 is 14.8 Å². The Morgan fingerprint density at radius 3 is 2.43 bits per heavy atom. The number of halogens is 1. The number of benzene rings is 3. The normalized spacial score (nSPS) is 13.2. The molecule has 1 aliphatic rings. The van der Waals surface area contributed by atoms with E-state index >= 15 is 0 Å². The van der Waals surface area contributed by atoms with E-state index in [4.69, 9.17) is 0 Å². The first kappa shape index (κ1) is 24.5. The van der Waals surface area contributed by atoms with E-state index in [0.29, 0.717) is 19.5 Å². The third kappa shape index (κ3) is 6.33. The van der Waals surface area contributed by atoms with Crippen LogP contribution in [0.25, 0.3) is 17.0 Å². The molecule has 0 radical (unpaired) electrons. The molecule has 5 rings (SSSR count). The molecule has 1 fully saturated rings. The number of amides is 2. The maximum Gasteiger partial charge on any atom is 0.247 e. The highest BCUT2D eigenvalue weighted by molar-refractivity contribution is 5.95. The molecule has 0 spiro atoms. The molecule has 5 nitrogen and oxygen atoms in total. The summed E-state index contributed by atoms with van der Waals surface area (Å²) >= 11 is 0. The van der Waals surface area contributed by atoms with Gasteiger partial charge in [0.2, 0.25) is 11.8 Å². The van der Waals surface area contributed by atoms with Crippen molar-refractivity contribution in [3.8, 4) is 0 Å². The second-order valence-electron chi connectivity index (χ2n) is 9.49. The Kier molecular flexibility index (Phi) is 7.45. The molecule has 0 atom stereocenters. The van der Waals surface area contributed by atoms with Crippen LogP contribution < -0.4 is 0 Å². The molecule has 1 saturated carbocycles. The molecular weight excluding hydrogens is 465 g/mol. The number of rotatable bonds is 10. The van der Waals surface area contributed by atoms with Crippen LogP contribution in [0.5, 0.6) is 0 Å². The van der Waals surface area contributed by atoms with Crippen LogP contribution in [-0.4, -0.2) is 45.7 Å². The van der Waals surface area contributed by atoms with Gasteiger partial charge in [0.05, 0.1) is 0 Å². The van der Waals surface area contributed by atoms with E-state index in [1.165, 1.54) is 12.1 Å². The van der Waals surface area contributed by atoms with Gasteiger partial charge in [0.1, 0.15) is 12.4 Å². The quantitative estimate of drug-likeness (QED) is 0.292. The van der Waals surface area contributed by atoms with E-state index in [0.717, 1.165) is 40.4 Å². The maximum absolute atomic E-state index is 13.6. The van der Waals surface area contributed by atoms with Crippen LogP contribution in [0, 0.1) is 5.82 Å². The maximum atomic E-state index is 13.6. The van der Waals surface area contributed by atoms with Crippen LogP contribution in [0.4, 0.5) is 4.39 Å². The van der Waals surface area contributed by atoms with Crippen molar-refractivity contribution in [1.29, 1.82) is 0 Å². The Hall–Kier alpha value is -4.19. The number of hydrogen-bond acceptors (Lipinski definition) is 2. The highest BCUT2D eigenvalue weighted by Crippen LogP contribution is 2.27. The fourth-order valence-corrected chi connectivity index (χ4v) is 4.54. The summed E-state index contributed by atoms with van der Waals surface area (Å²) in [4.78, 5) is 33.4. The first-order valence-electron chi connectivity index (χ1n) is 12.7. The molecule has 1 heterocycles. The lowest BCUT2D eigenvalue weighted by Crippen LogP contribution is -2.43. The molecule has 3 aromatic carbocycles. The van der Waals surface area contributed by atoms with E-state index in [-0.39, 0.29) is 30.2 Å². The zero-order valence-electron chi connectivity index (χ0n) is 20.6. The number of carbonyl (C=O) groups excluding carboxylic acids is 2. The first-order chi connectivity index (χ1) is 18.1. The van der Waals surface area contributed by atoms with Gasteiger partial charge in [-0.15, -0.1) is 0 Å². The molecule has 1 aromatic heterocycles. The van der Waals surface area contributed by atoms with E-state index in [2.05, 4.69) is 11.1 Å². The van der Waals surface area contributed by atoms with Crippen LogP contribution in [0.1, 0.15) is 29.5 Å². The number of aromatic amines is 1. The number of hydrogen-bond donors (Lipinski definition) is 1. The highest BCUT2D eigenvalue weighted by Gasteiger charge is 2.34. The molecule has 37 heavy (non-hydrogen) atoms. The Labute approximate surface area is 216 Å². The van der Waals surface area contributed by atoms with Gasteiger partial charge in [-0.2, -0.15) is 0 Å². The fraction of sp³-hybridized carbons (Fsp3) is 0.226. The number of nitrogens with one attached hydrogen (secondary N) is 1. The third-order valence-corrected chi connectivity index (χ3v) is 6.76. The van der Waals surface area contributed by atoms with Gasteiger partial charge in [-0.05, 0) is 60.2 Å². The van der Waals surface area contributed by atoms with E-state index < -0.39 is 0 Å².